The molecular formula is C20H16ClFN6O2. The highest BCUT2D eigenvalue weighted by Crippen LogP contribution is 2.28. The average molecular weight is 427 g/mol. The number of amides is 2. The number of carbonyl (C=O) groups is 2. The number of benzene rings is 2. The lowest BCUT2D eigenvalue weighted by Gasteiger charge is -2.20. The van der Waals surface area contributed by atoms with Gasteiger partial charge in [0.2, 0.25) is 5.95 Å². The molecule has 0 bridgehead atoms. The second kappa shape index (κ2) is 7.96. The first kappa shape index (κ1) is 19.6. The third kappa shape index (κ3) is 3.87. The van der Waals surface area contributed by atoms with E-state index in [4.69, 9.17) is 17.3 Å². The van der Waals surface area contributed by atoms with Gasteiger partial charge < -0.3 is 21.7 Å². The fourth-order valence-electron chi connectivity index (χ4n) is 3.13. The molecule has 0 saturated heterocycles. The van der Waals surface area contributed by atoms with E-state index in [2.05, 4.69) is 25.9 Å². The van der Waals surface area contributed by atoms with E-state index in [0.29, 0.717) is 29.9 Å². The normalized spacial score (nSPS) is 12.7. The zero-order valence-electron chi connectivity index (χ0n) is 15.5. The molecule has 0 radical (unpaired) electrons. The Kier molecular flexibility index (Phi) is 5.20. The fraction of sp³-hybridized carbons (Fsp3) is 0.100. The summed E-state index contributed by atoms with van der Waals surface area (Å²) in [6.07, 6.45) is 1.91. The molecule has 4 rings (SSSR count). The first-order chi connectivity index (χ1) is 14.4. The molecule has 0 aliphatic carbocycles. The van der Waals surface area contributed by atoms with Crippen molar-refractivity contribution in [2.75, 3.05) is 17.2 Å². The molecule has 2 amide bonds. The van der Waals surface area contributed by atoms with Crippen molar-refractivity contribution in [2.24, 2.45) is 5.73 Å². The summed E-state index contributed by atoms with van der Waals surface area (Å²) in [6, 6.07) is 9.33. The van der Waals surface area contributed by atoms with Crippen molar-refractivity contribution < 1.29 is 14.0 Å². The summed E-state index contributed by atoms with van der Waals surface area (Å²) >= 11 is 5.80. The van der Waals surface area contributed by atoms with E-state index in [1.165, 1.54) is 24.4 Å². The third-order valence-corrected chi connectivity index (χ3v) is 4.85. The van der Waals surface area contributed by atoms with Crippen LogP contribution in [0.3, 0.4) is 0 Å². The minimum Gasteiger partial charge on any atom is -0.365 e. The number of rotatable bonds is 5. The van der Waals surface area contributed by atoms with Crippen molar-refractivity contribution in [3.63, 3.8) is 0 Å². The predicted octanol–water partition coefficient (Wildman–Crippen LogP) is 3.14. The van der Waals surface area contributed by atoms with Crippen LogP contribution in [0.1, 0.15) is 26.3 Å². The summed E-state index contributed by atoms with van der Waals surface area (Å²) in [4.78, 5) is 32.4. The smallest absolute Gasteiger partial charge is 0.254 e. The van der Waals surface area contributed by atoms with Crippen LogP contribution < -0.4 is 21.7 Å². The Balaban J connectivity index is 1.69. The Bertz CT molecular complexity index is 1170. The number of nitrogens with two attached hydrogens (primary N) is 1. The summed E-state index contributed by atoms with van der Waals surface area (Å²) in [5, 5.41) is 8.73. The van der Waals surface area contributed by atoms with E-state index in [9.17, 15) is 14.0 Å². The van der Waals surface area contributed by atoms with Gasteiger partial charge in [-0.25, -0.2) is 9.37 Å². The molecule has 30 heavy (non-hydrogen) atoms. The van der Waals surface area contributed by atoms with Crippen LogP contribution in [0, 0.1) is 5.82 Å². The maximum atomic E-state index is 13.4. The van der Waals surface area contributed by atoms with Gasteiger partial charge in [0.05, 0.1) is 5.02 Å². The van der Waals surface area contributed by atoms with Crippen LogP contribution in [0.4, 0.5) is 27.5 Å². The van der Waals surface area contributed by atoms with Crippen LogP contribution in [0.15, 0.2) is 42.6 Å². The van der Waals surface area contributed by atoms with E-state index < -0.39 is 11.7 Å². The molecule has 0 fully saturated rings. The summed E-state index contributed by atoms with van der Waals surface area (Å²) in [5.41, 5.74) is 8.02. The van der Waals surface area contributed by atoms with Crippen molar-refractivity contribution in [2.45, 2.75) is 6.42 Å². The Morgan fingerprint density at radius 1 is 1.23 bits per heavy atom. The van der Waals surface area contributed by atoms with Gasteiger partial charge in [0, 0.05) is 29.7 Å². The molecule has 10 heteroatoms. The number of primary amides is 1. The van der Waals surface area contributed by atoms with Crippen LogP contribution in [-0.4, -0.2) is 28.3 Å². The standard InChI is InChI=1S/C20H16ClFN6O2/c21-14-8-10(4-5-15(14)22)26-20-25-9-13(17(23)29)18(28-20)27-16-3-1-2-12-11(16)6-7-24-19(12)30/h1-5,8-9H,6-7H2,(H2,23,29)(H,24,30)(H2,25,26,27,28). The summed E-state index contributed by atoms with van der Waals surface area (Å²) in [7, 11) is 0. The highest BCUT2D eigenvalue weighted by Gasteiger charge is 2.21. The summed E-state index contributed by atoms with van der Waals surface area (Å²) in [5.74, 6) is -1.10. The quantitative estimate of drug-likeness (QED) is 0.497. The highest BCUT2D eigenvalue weighted by atomic mass is 35.5. The van der Waals surface area contributed by atoms with Crippen molar-refractivity contribution in [1.29, 1.82) is 0 Å². The first-order valence-electron chi connectivity index (χ1n) is 8.98. The number of nitrogens with zero attached hydrogens (tertiary/aromatic N) is 2. The van der Waals surface area contributed by atoms with Gasteiger partial charge >= 0.3 is 0 Å². The minimum atomic E-state index is -0.712. The topological polar surface area (TPSA) is 122 Å². The van der Waals surface area contributed by atoms with Gasteiger partial charge in [-0.1, -0.05) is 17.7 Å². The minimum absolute atomic E-state index is 0.0544. The molecule has 5 N–H and O–H groups in total. The molecule has 0 unspecified atom stereocenters. The number of halogens is 2. The number of hydrogen-bond donors (Lipinski definition) is 4. The Labute approximate surface area is 175 Å². The second-order valence-electron chi connectivity index (χ2n) is 6.54. The maximum absolute atomic E-state index is 13.4. The van der Waals surface area contributed by atoms with E-state index in [-0.39, 0.29) is 28.3 Å². The second-order valence-corrected chi connectivity index (χ2v) is 6.94. The lowest BCUT2D eigenvalue weighted by atomic mass is 9.98. The van der Waals surface area contributed by atoms with Gasteiger partial charge in [0.15, 0.2) is 0 Å². The zero-order chi connectivity index (χ0) is 21.3. The van der Waals surface area contributed by atoms with E-state index >= 15 is 0 Å². The Morgan fingerprint density at radius 2 is 2.07 bits per heavy atom. The van der Waals surface area contributed by atoms with Crippen molar-refractivity contribution in [3.8, 4) is 0 Å². The molecule has 2 aromatic carbocycles. The van der Waals surface area contributed by atoms with Gasteiger partial charge in [-0.15, -0.1) is 0 Å². The lowest BCUT2D eigenvalue weighted by molar-refractivity contribution is 0.0944. The lowest BCUT2D eigenvalue weighted by Crippen LogP contribution is -2.32. The third-order valence-electron chi connectivity index (χ3n) is 4.56. The molecule has 3 aromatic rings. The maximum Gasteiger partial charge on any atom is 0.254 e. The van der Waals surface area contributed by atoms with E-state index in [0.717, 1.165) is 5.56 Å². The van der Waals surface area contributed by atoms with E-state index in [1.54, 1.807) is 18.2 Å². The molecule has 1 aliphatic rings. The zero-order valence-corrected chi connectivity index (χ0v) is 16.3. The van der Waals surface area contributed by atoms with Crippen LogP contribution >= 0.6 is 11.6 Å². The van der Waals surface area contributed by atoms with Gasteiger partial charge in [-0.05, 0) is 42.3 Å². The van der Waals surface area contributed by atoms with Gasteiger partial charge in [-0.3, -0.25) is 9.59 Å². The molecule has 152 valence electrons. The van der Waals surface area contributed by atoms with Crippen molar-refractivity contribution in [3.05, 3.63) is 70.1 Å². The van der Waals surface area contributed by atoms with Crippen LogP contribution in [0.25, 0.3) is 0 Å². The largest absolute Gasteiger partial charge is 0.365 e. The molecule has 0 spiro atoms. The highest BCUT2D eigenvalue weighted by molar-refractivity contribution is 6.31. The molecule has 1 aliphatic heterocycles. The summed E-state index contributed by atoms with van der Waals surface area (Å²) < 4.78 is 13.4. The van der Waals surface area contributed by atoms with Crippen molar-refractivity contribution in [1.82, 2.24) is 15.3 Å². The SMILES string of the molecule is NC(=O)c1cnc(Nc2ccc(F)c(Cl)c2)nc1Nc1cccc2c1CCNC2=O. The molecule has 0 saturated carbocycles. The molecule has 1 aromatic heterocycles. The van der Waals surface area contributed by atoms with Crippen LogP contribution in [0.2, 0.25) is 5.02 Å². The number of aromatic nitrogens is 2. The Hall–Kier alpha value is -3.72. The van der Waals surface area contributed by atoms with Gasteiger partial charge in [0.25, 0.3) is 11.8 Å². The molecule has 8 nitrogen and oxygen atoms in total. The summed E-state index contributed by atoms with van der Waals surface area (Å²) in [6.45, 7) is 0.509. The van der Waals surface area contributed by atoms with Crippen molar-refractivity contribution >= 4 is 46.6 Å². The number of fused-ring (bicyclic) bond motifs is 1. The Morgan fingerprint density at radius 3 is 2.83 bits per heavy atom. The number of nitrogens with one attached hydrogen (secondary N) is 3. The van der Waals surface area contributed by atoms with Gasteiger partial charge in [-0.2, -0.15) is 4.98 Å². The number of carbonyl (C=O) groups excluding carboxylic acids is 2. The first-order valence-corrected chi connectivity index (χ1v) is 9.36. The van der Waals surface area contributed by atoms with E-state index in [1.807, 2.05) is 0 Å². The molecular weight excluding hydrogens is 411 g/mol. The molecule has 0 atom stereocenters. The molecule has 2 heterocycles. The van der Waals surface area contributed by atoms with Gasteiger partial charge in [0.1, 0.15) is 17.2 Å². The number of anilines is 4. The van der Waals surface area contributed by atoms with Crippen LogP contribution in [-0.2, 0) is 6.42 Å². The average Bonchev–Trinajstić information content (AvgIpc) is 2.71. The van der Waals surface area contributed by atoms with Crippen LogP contribution in [0.5, 0.6) is 0 Å². The fourth-order valence-corrected chi connectivity index (χ4v) is 3.31. The number of hydrogen-bond acceptors (Lipinski definition) is 6. The predicted molar refractivity (Wildman–Crippen MR) is 111 cm³/mol. The monoisotopic (exact) mass is 426 g/mol.